The van der Waals surface area contributed by atoms with Gasteiger partial charge in [0.15, 0.2) is 5.52 Å². The molecule has 2 rings (SSSR count). The maximum absolute atomic E-state index is 5.09. The molecule has 0 unspecified atom stereocenters. The molecule has 0 saturated carbocycles. The molecular formula is C9H9N3O. The number of ether oxygens (including phenoxy) is 1. The number of fused-ring (bicyclic) bond motifs is 1. The summed E-state index contributed by atoms with van der Waals surface area (Å²) < 4.78 is 5.09. The van der Waals surface area contributed by atoms with Crippen molar-refractivity contribution < 1.29 is 4.74 Å². The topological polar surface area (TPSA) is 47.9 Å². The Balaban J connectivity index is 2.81. The van der Waals surface area contributed by atoms with Gasteiger partial charge < -0.3 is 4.74 Å². The van der Waals surface area contributed by atoms with Gasteiger partial charge in [0.2, 0.25) is 5.88 Å². The number of hydrogen-bond acceptors (Lipinski definition) is 4. The average Bonchev–Trinajstić information content (AvgIpc) is 2.16. The van der Waals surface area contributed by atoms with Crippen molar-refractivity contribution in [3.8, 4) is 5.88 Å². The van der Waals surface area contributed by atoms with Crippen molar-refractivity contribution in [2.24, 2.45) is 0 Å². The fourth-order valence-electron chi connectivity index (χ4n) is 1.20. The molecule has 0 atom stereocenters. The monoisotopic (exact) mass is 175 g/mol. The van der Waals surface area contributed by atoms with E-state index in [4.69, 9.17) is 4.74 Å². The van der Waals surface area contributed by atoms with Gasteiger partial charge in [-0.05, 0) is 13.0 Å². The van der Waals surface area contributed by atoms with Crippen LogP contribution in [-0.4, -0.2) is 22.1 Å². The van der Waals surface area contributed by atoms with Gasteiger partial charge in [0, 0.05) is 18.1 Å². The summed E-state index contributed by atoms with van der Waals surface area (Å²) in [4.78, 5) is 12.5. The second-order valence-electron chi connectivity index (χ2n) is 2.70. The summed E-state index contributed by atoms with van der Waals surface area (Å²) in [6.45, 7) is 1.90. The molecule has 2 heterocycles. The van der Waals surface area contributed by atoms with Crippen LogP contribution < -0.4 is 4.74 Å². The molecule has 0 fully saturated rings. The predicted molar refractivity (Wildman–Crippen MR) is 48.6 cm³/mol. The van der Waals surface area contributed by atoms with E-state index in [1.165, 1.54) is 0 Å². The molecule has 0 bridgehead atoms. The molecule has 2 aromatic heterocycles. The van der Waals surface area contributed by atoms with E-state index in [0.717, 1.165) is 11.2 Å². The minimum atomic E-state index is 0.531. The minimum Gasteiger partial charge on any atom is -0.479 e. The number of nitrogens with zero attached hydrogens (tertiary/aromatic N) is 3. The molecule has 0 spiro atoms. The number of rotatable bonds is 1. The van der Waals surface area contributed by atoms with E-state index >= 15 is 0 Å². The van der Waals surface area contributed by atoms with Crippen molar-refractivity contribution >= 4 is 11.0 Å². The molecule has 13 heavy (non-hydrogen) atoms. The Bertz CT molecular complexity index is 442. The van der Waals surface area contributed by atoms with Crippen LogP contribution in [0.3, 0.4) is 0 Å². The zero-order chi connectivity index (χ0) is 9.26. The summed E-state index contributed by atoms with van der Waals surface area (Å²) in [5.74, 6) is 0.531. The van der Waals surface area contributed by atoms with Crippen LogP contribution in [0.1, 0.15) is 5.69 Å². The first-order valence-corrected chi connectivity index (χ1v) is 3.93. The molecule has 0 aromatic carbocycles. The predicted octanol–water partition coefficient (Wildman–Crippen LogP) is 1.34. The first-order chi connectivity index (χ1) is 6.31. The molecule has 4 nitrogen and oxygen atoms in total. The lowest BCUT2D eigenvalue weighted by Crippen LogP contribution is -1.94. The Morgan fingerprint density at radius 3 is 2.77 bits per heavy atom. The van der Waals surface area contributed by atoms with Gasteiger partial charge in [-0.3, -0.25) is 4.98 Å². The summed E-state index contributed by atoms with van der Waals surface area (Å²) in [7, 11) is 1.58. The van der Waals surface area contributed by atoms with Crippen molar-refractivity contribution in [2.45, 2.75) is 6.92 Å². The normalized spacial score (nSPS) is 10.3. The van der Waals surface area contributed by atoms with E-state index < -0.39 is 0 Å². The van der Waals surface area contributed by atoms with E-state index in [1.54, 1.807) is 19.5 Å². The molecule has 0 aliphatic rings. The first-order valence-electron chi connectivity index (χ1n) is 3.93. The molecule has 66 valence electrons. The maximum Gasteiger partial charge on any atom is 0.242 e. The summed E-state index contributed by atoms with van der Waals surface area (Å²) in [6, 6.07) is 1.88. The Kier molecular flexibility index (Phi) is 1.81. The van der Waals surface area contributed by atoms with E-state index in [-0.39, 0.29) is 0 Å². The lowest BCUT2D eigenvalue weighted by molar-refractivity contribution is 0.401. The van der Waals surface area contributed by atoms with Crippen LogP contribution in [0.4, 0.5) is 0 Å². The Labute approximate surface area is 75.6 Å². The largest absolute Gasteiger partial charge is 0.479 e. The van der Waals surface area contributed by atoms with Gasteiger partial charge in [-0.25, -0.2) is 9.97 Å². The zero-order valence-corrected chi connectivity index (χ0v) is 7.48. The summed E-state index contributed by atoms with van der Waals surface area (Å²) in [6.07, 6.45) is 3.28. The van der Waals surface area contributed by atoms with Crippen molar-refractivity contribution in [1.82, 2.24) is 15.0 Å². The molecule has 0 amide bonds. The molecule has 0 aliphatic heterocycles. The van der Waals surface area contributed by atoms with Crippen molar-refractivity contribution in [3.63, 3.8) is 0 Å². The lowest BCUT2D eigenvalue weighted by Gasteiger charge is -2.03. The summed E-state index contributed by atoms with van der Waals surface area (Å²) >= 11 is 0. The Morgan fingerprint density at radius 1 is 1.23 bits per heavy atom. The van der Waals surface area contributed by atoms with E-state index in [1.807, 2.05) is 13.0 Å². The van der Waals surface area contributed by atoms with Gasteiger partial charge in [-0.1, -0.05) is 0 Å². The van der Waals surface area contributed by atoms with E-state index in [2.05, 4.69) is 15.0 Å². The van der Waals surface area contributed by atoms with Crippen LogP contribution in [0, 0.1) is 6.92 Å². The molecule has 4 heteroatoms. The standard InChI is InChI=1S/C9H9N3O/c1-6-5-7-8(9(12-6)13-2)11-4-3-10-7/h3-5H,1-2H3. The van der Waals surface area contributed by atoms with Gasteiger partial charge in [0.1, 0.15) is 0 Å². The first kappa shape index (κ1) is 7.91. The van der Waals surface area contributed by atoms with Crippen LogP contribution in [0.5, 0.6) is 5.88 Å². The second-order valence-corrected chi connectivity index (χ2v) is 2.70. The van der Waals surface area contributed by atoms with Crippen LogP contribution in [0.15, 0.2) is 18.5 Å². The minimum absolute atomic E-state index is 0.531. The quantitative estimate of drug-likeness (QED) is 0.656. The second kappa shape index (κ2) is 2.97. The highest BCUT2D eigenvalue weighted by atomic mass is 16.5. The van der Waals surface area contributed by atoms with Gasteiger partial charge in [0.05, 0.1) is 12.6 Å². The van der Waals surface area contributed by atoms with Crippen LogP contribution in [0.25, 0.3) is 11.0 Å². The summed E-state index contributed by atoms with van der Waals surface area (Å²) in [5, 5.41) is 0. The highest BCUT2D eigenvalue weighted by Crippen LogP contribution is 2.19. The highest BCUT2D eigenvalue weighted by molar-refractivity contribution is 5.78. The number of aryl methyl sites for hydroxylation is 1. The fraction of sp³-hybridized carbons (Fsp3) is 0.222. The fourth-order valence-corrected chi connectivity index (χ4v) is 1.20. The molecule has 0 radical (unpaired) electrons. The molecule has 0 N–H and O–H groups in total. The number of methoxy groups -OCH3 is 1. The van der Waals surface area contributed by atoms with Crippen LogP contribution in [0.2, 0.25) is 0 Å². The van der Waals surface area contributed by atoms with Crippen molar-refractivity contribution in [3.05, 3.63) is 24.2 Å². The summed E-state index contributed by atoms with van der Waals surface area (Å²) in [5.41, 5.74) is 2.40. The smallest absolute Gasteiger partial charge is 0.242 e. The van der Waals surface area contributed by atoms with Crippen molar-refractivity contribution in [2.75, 3.05) is 7.11 Å². The third kappa shape index (κ3) is 1.30. The van der Waals surface area contributed by atoms with Crippen LogP contribution in [-0.2, 0) is 0 Å². The average molecular weight is 175 g/mol. The number of hydrogen-bond donors (Lipinski definition) is 0. The molecule has 2 aromatic rings. The Morgan fingerprint density at radius 2 is 2.00 bits per heavy atom. The van der Waals surface area contributed by atoms with Gasteiger partial charge >= 0.3 is 0 Å². The lowest BCUT2D eigenvalue weighted by atomic mass is 10.3. The highest BCUT2D eigenvalue weighted by Gasteiger charge is 2.05. The Hall–Kier alpha value is -1.71. The van der Waals surface area contributed by atoms with Crippen LogP contribution >= 0.6 is 0 Å². The zero-order valence-electron chi connectivity index (χ0n) is 7.48. The van der Waals surface area contributed by atoms with Gasteiger partial charge in [0.25, 0.3) is 0 Å². The molecule has 0 aliphatic carbocycles. The molecular weight excluding hydrogens is 166 g/mol. The molecule has 0 saturated heterocycles. The number of pyridine rings is 1. The van der Waals surface area contributed by atoms with Gasteiger partial charge in [-0.2, -0.15) is 0 Å². The van der Waals surface area contributed by atoms with E-state index in [9.17, 15) is 0 Å². The SMILES string of the molecule is COc1nc(C)cc2nccnc12. The third-order valence-corrected chi connectivity index (χ3v) is 1.75. The maximum atomic E-state index is 5.09. The van der Waals surface area contributed by atoms with E-state index in [0.29, 0.717) is 11.4 Å². The van der Waals surface area contributed by atoms with Crippen molar-refractivity contribution in [1.29, 1.82) is 0 Å². The third-order valence-electron chi connectivity index (χ3n) is 1.75. The van der Waals surface area contributed by atoms with Gasteiger partial charge in [-0.15, -0.1) is 0 Å². The number of aromatic nitrogens is 3.